The van der Waals surface area contributed by atoms with Crippen molar-refractivity contribution in [2.24, 2.45) is 0 Å². The molecule has 21 heavy (non-hydrogen) atoms. The van der Waals surface area contributed by atoms with Crippen LogP contribution in [0.5, 0.6) is 0 Å². The Morgan fingerprint density at radius 2 is 2.14 bits per heavy atom. The maximum atomic E-state index is 11.5. The van der Waals surface area contributed by atoms with Gasteiger partial charge in [0, 0.05) is 23.1 Å². The molecule has 0 aliphatic carbocycles. The Balaban J connectivity index is 3.09. The fourth-order valence-corrected chi connectivity index (χ4v) is 5.82. The summed E-state index contributed by atoms with van der Waals surface area (Å²) in [4.78, 5) is 25.0. The van der Waals surface area contributed by atoms with Gasteiger partial charge in [0.15, 0.2) is 0 Å². The smallest absolute Gasteiger partial charge is 0.329 e. The van der Waals surface area contributed by atoms with Crippen LogP contribution in [0.1, 0.15) is 23.6 Å². The molecule has 0 bridgehead atoms. The number of thiophene rings is 1. The molecule has 0 fully saturated rings. The Hall–Kier alpha value is -1.40. The zero-order chi connectivity index (χ0) is 16.2. The molecule has 0 spiro atoms. The first-order valence-corrected chi connectivity index (χ1v) is 10.6. The molecule has 6 heteroatoms. The van der Waals surface area contributed by atoms with Gasteiger partial charge in [-0.2, -0.15) is 0 Å². The molecule has 0 radical (unpaired) electrons. The summed E-state index contributed by atoms with van der Waals surface area (Å²) in [5.74, 6) is -1.35. The van der Waals surface area contributed by atoms with E-state index < -0.39 is 20.3 Å². The fourth-order valence-electron chi connectivity index (χ4n) is 2.28. The van der Waals surface area contributed by atoms with Crippen molar-refractivity contribution in [3.63, 3.8) is 0 Å². The molecular weight excluding hydrogens is 302 g/mol. The van der Waals surface area contributed by atoms with Gasteiger partial charge in [-0.15, -0.1) is 17.9 Å². The summed E-state index contributed by atoms with van der Waals surface area (Å²) < 4.78 is 0. The van der Waals surface area contributed by atoms with Crippen LogP contribution in [0, 0.1) is 0 Å². The van der Waals surface area contributed by atoms with Gasteiger partial charge in [0.1, 0.15) is 5.54 Å². The van der Waals surface area contributed by atoms with Crippen molar-refractivity contribution in [3.8, 4) is 0 Å². The van der Waals surface area contributed by atoms with Gasteiger partial charge in [0.2, 0.25) is 5.91 Å². The van der Waals surface area contributed by atoms with E-state index in [9.17, 15) is 14.7 Å². The predicted octanol–water partition coefficient (Wildman–Crippen LogP) is 1.69. The van der Waals surface area contributed by atoms with Crippen LogP contribution in [0.3, 0.4) is 0 Å². The number of carboxylic acid groups (broad SMARTS) is 1. The molecule has 0 aliphatic rings. The number of allylic oxidation sites excluding steroid dienone is 1. The Bertz CT molecular complexity index is 553. The maximum Gasteiger partial charge on any atom is 0.329 e. The molecule has 0 saturated carbocycles. The SMILES string of the molecule is C=CCc1sc(C[C@](C)(NC(C)=O)C(=O)O)cc1[SiH](C)C. The first-order chi connectivity index (χ1) is 9.69. The van der Waals surface area contributed by atoms with Gasteiger partial charge in [0.05, 0.1) is 8.80 Å². The highest BCUT2D eigenvalue weighted by Crippen LogP contribution is 2.22. The molecule has 2 N–H and O–H groups in total. The van der Waals surface area contributed by atoms with E-state index >= 15 is 0 Å². The quantitative estimate of drug-likeness (QED) is 0.592. The molecule has 1 aromatic rings. The fraction of sp³-hybridized carbons (Fsp3) is 0.467. The monoisotopic (exact) mass is 325 g/mol. The van der Waals surface area contributed by atoms with Crippen molar-refractivity contribution >= 4 is 37.2 Å². The van der Waals surface area contributed by atoms with Crippen molar-refractivity contribution in [1.82, 2.24) is 5.32 Å². The Labute approximate surface area is 131 Å². The summed E-state index contributed by atoms with van der Waals surface area (Å²) >= 11 is 1.63. The minimum Gasteiger partial charge on any atom is -0.480 e. The van der Waals surface area contributed by atoms with Crippen molar-refractivity contribution < 1.29 is 14.7 Å². The van der Waals surface area contributed by atoms with Crippen LogP contribution < -0.4 is 10.5 Å². The van der Waals surface area contributed by atoms with E-state index in [2.05, 4.69) is 31.1 Å². The number of hydrogen-bond acceptors (Lipinski definition) is 3. The summed E-state index contributed by atoms with van der Waals surface area (Å²) in [7, 11) is -0.972. The lowest BCUT2D eigenvalue weighted by Crippen LogP contribution is -2.53. The molecule has 4 nitrogen and oxygen atoms in total. The Kier molecular flexibility index (Phi) is 5.92. The third-order valence-corrected chi connectivity index (χ3v) is 6.44. The Morgan fingerprint density at radius 1 is 1.52 bits per heavy atom. The van der Waals surface area contributed by atoms with Gasteiger partial charge < -0.3 is 10.4 Å². The van der Waals surface area contributed by atoms with Gasteiger partial charge in [-0.1, -0.05) is 19.2 Å². The molecule has 1 amide bonds. The average Bonchev–Trinajstić information content (AvgIpc) is 2.71. The molecule has 116 valence electrons. The highest BCUT2D eigenvalue weighted by atomic mass is 32.1. The number of carbonyl (C=O) groups is 2. The first kappa shape index (κ1) is 17.6. The highest BCUT2D eigenvalue weighted by Gasteiger charge is 2.35. The number of nitrogens with one attached hydrogen (secondary N) is 1. The minimum atomic E-state index is -1.27. The van der Waals surface area contributed by atoms with Crippen LogP contribution >= 0.6 is 11.3 Å². The number of rotatable bonds is 7. The maximum absolute atomic E-state index is 11.5. The van der Waals surface area contributed by atoms with Crippen LogP contribution in [0.4, 0.5) is 0 Å². The van der Waals surface area contributed by atoms with Crippen molar-refractivity contribution in [1.29, 1.82) is 0 Å². The summed E-state index contributed by atoms with van der Waals surface area (Å²) in [5, 5.41) is 13.3. The highest BCUT2D eigenvalue weighted by molar-refractivity contribution is 7.13. The molecule has 0 aliphatic heterocycles. The third kappa shape index (κ3) is 4.54. The van der Waals surface area contributed by atoms with Gasteiger partial charge >= 0.3 is 5.97 Å². The molecule has 1 aromatic heterocycles. The van der Waals surface area contributed by atoms with E-state index in [1.54, 1.807) is 18.3 Å². The van der Waals surface area contributed by atoms with E-state index in [1.807, 2.05) is 6.08 Å². The van der Waals surface area contributed by atoms with Crippen LogP contribution in [0.15, 0.2) is 18.7 Å². The number of carboxylic acids is 1. The second-order valence-electron chi connectivity index (χ2n) is 5.73. The molecule has 0 aromatic carbocycles. The van der Waals surface area contributed by atoms with E-state index in [1.165, 1.54) is 17.0 Å². The van der Waals surface area contributed by atoms with Crippen LogP contribution in [-0.4, -0.2) is 31.3 Å². The summed E-state index contributed by atoms with van der Waals surface area (Å²) in [6.45, 7) is 11.2. The summed E-state index contributed by atoms with van der Waals surface area (Å²) in [5.41, 5.74) is -1.27. The molecule has 1 atom stereocenters. The van der Waals surface area contributed by atoms with E-state index in [-0.39, 0.29) is 5.91 Å². The molecular formula is C15H23NO3SSi. The zero-order valence-electron chi connectivity index (χ0n) is 13.0. The lowest BCUT2D eigenvalue weighted by molar-refractivity contribution is -0.146. The van der Waals surface area contributed by atoms with Crippen LogP contribution in [0.25, 0.3) is 0 Å². The molecule has 0 unspecified atom stereocenters. The molecule has 1 rings (SSSR count). The number of amides is 1. The third-order valence-electron chi connectivity index (χ3n) is 3.30. The molecule has 0 saturated heterocycles. The zero-order valence-corrected chi connectivity index (χ0v) is 15.0. The number of hydrogen-bond donors (Lipinski definition) is 2. The largest absolute Gasteiger partial charge is 0.480 e. The normalized spacial score (nSPS) is 13.8. The molecule has 1 heterocycles. The summed E-state index contributed by atoms with van der Waals surface area (Å²) in [6, 6.07) is 2.11. The van der Waals surface area contributed by atoms with Gasteiger partial charge in [-0.3, -0.25) is 4.79 Å². The second-order valence-corrected chi connectivity index (χ2v) is 9.89. The van der Waals surface area contributed by atoms with Crippen LogP contribution in [-0.2, 0) is 22.4 Å². The van der Waals surface area contributed by atoms with Crippen molar-refractivity contribution in [2.75, 3.05) is 0 Å². The number of carbonyl (C=O) groups excluding carboxylic acids is 1. The lowest BCUT2D eigenvalue weighted by Gasteiger charge is -2.24. The Morgan fingerprint density at radius 3 is 2.57 bits per heavy atom. The summed E-state index contributed by atoms with van der Waals surface area (Å²) in [6.07, 6.45) is 2.99. The van der Waals surface area contributed by atoms with Crippen molar-refractivity contribution in [3.05, 3.63) is 28.5 Å². The minimum absolute atomic E-state index is 0.303. The predicted molar refractivity (Wildman–Crippen MR) is 90.3 cm³/mol. The van der Waals surface area contributed by atoms with Gasteiger partial charge in [-0.25, -0.2) is 4.79 Å². The standard InChI is InChI=1S/C15H23NO3SSi/c1-6-7-12-13(21(4)5)8-11(20-12)9-15(3,14(18)19)16-10(2)17/h6,8,21H,1,7,9H2,2-5H3,(H,16,17)(H,18,19)/t15-/m0/s1. The van der Waals surface area contributed by atoms with E-state index in [4.69, 9.17) is 0 Å². The van der Waals surface area contributed by atoms with Crippen molar-refractivity contribution in [2.45, 2.75) is 45.3 Å². The topological polar surface area (TPSA) is 66.4 Å². The first-order valence-electron chi connectivity index (χ1n) is 6.94. The van der Waals surface area contributed by atoms with Gasteiger partial charge in [-0.05, 0) is 24.6 Å². The van der Waals surface area contributed by atoms with Crippen LogP contribution in [0.2, 0.25) is 13.1 Å². The number of aliphatic carboxylic acids is 1. The second kappa shape index (κ2) is 7.04. The van der Waals surface area contributed by atoms with E-state index in [0.717, 1.165) is 11.3 Å². The average molecular weight is 326 g/mol. The lowest BCUT2D eigenvalue weighted by atomic mass is 9.97. The van der Waals surface area contributed by atoms with E-state index in [0.29, 0.717) is 6.42 Å². The van der Waals surface area contributed by atoms with Gasteiger partial charge in [0.25, 0.3) is 0 Å².